The van der Waals surface area contributed by atoms with Crippen LogP contribution < -0.4 is 14.2 Å². The van der Waals surface area contributed by atoms with Gasteiger partial charge in [-0.3, -0.25) is 0 Å². The number of rotatable bonds is 3. The molecule has 0 spiro atoms. The van der Waals surface area contributed by atoms with Gasteiger partial charge in [0.1, 0.15) is 0 Å². The first-order chi connectivity index (χ1) is 7.71. The van der Waals surface area contributed by atoms with Gasteiger partial charge in [0.25, 0.3) is 0 Å². The van der Waals surface area contributed by atoms with Crippen LogP contribution in [0.15, 0.2) is 12.1 Å². The van der Waals surface area contributed by atoms with Gasteiger partial charge in [-0.15, -0.1) is 11.3 Å². The van der Waals surface area contributed by atoms with Crippen LogP contribution in [-0.4, -0.2) is 21.3 Å². The molecule has 0 aliphatic heterocycles. The zero-order valence-electron chi connectivity index (χ0n) is 9.79. The van der Waals surface area contributed by atoms with Crippen molar-refractivity contribution in [2.45, 2.75) is 6.92 Å². The summed E-state index contributed by atoms with van der Waals surface area (Å²) in [5, 5.41) is 1.07. The molecule has 1 heterocycles. The zero-order chi connectivity index (χ0) is 11.7. The molecule has 2 rings (SSSR count). The third-order valence-corrected chi connectivity index (χ3v) is 3.45. The average molecular weight is 238 g/mol. The lowest BCUT2D eigenvalue weighted by Crippen LogP contribution is -1.94. The van der Waals surface area contributed by atoms with Gasteiger partial charge in [0.05, 0.1) is 21.3 Å². The number of benzene rings is 1. The van der Waals surface area contributed by atoms with Crippen LogP contribution in [-0.2, 0) is 0 Å². The molecule has 86 valence electrons. The van der Waals surface area contributed by atoms with Crippen LogP contribution in [0.5, 0.6) is 17.2 Å². The summed E-state index contributed by atoms with van der Waals surface area (Å²) in [5.41, 5.74) is 0. The molecular weight excluding hydrogens is 224 g/mol. The monoisotopic (exact) mass is 238 g/mol. The highest BCUT2D eigenvalue weighted by atomic mass is 32.1. The lowest BCUT2D eigenvalue weighted by Gasteiger charge is -2.12. The molecule has 3 nitrogen and oxygen atoms in total. The number of fused-ring (bicyclic) bond motifs is 1. The van der Waals surface area contributed by atoms with E-state index in [9.17, 15) is 0 Å². The molecular formula is C12H14O3S. The predicted molar refractivity (Wildman–Crippen MR) is 66.2 cm³/mol. The van der Waals surface area contributed by atoms with Crippen LogP contribution in [0.1, 0.15) is 4.88 Å². The second-order valence-corrected chi connectivity index (χ2v) is 4.70. The lowest BCUT2D eigenvalue weighted by atomic mass is 10.2. The predicted octanol–water partition coefficient (Wildman–Crippen LogP) is 3.24. The molecule has 0 aliphatic rings. The average Bonchev–Trinajstić information content (AvgIpc) is 2.66. The van der Waals surface area contributed by atoms with Crippen molar-refractivity contribution >= 4 is 21.4 Å². The van der Waals surface area contributed by atoms with E-state index in [-0.39, 0.29) is 0 Å². The van der Waals surface area contributed by atoms with E-state index in [1.54, 1.807) is 32.7 Å². The molecule has 4 heteroatoms. The minimum Gasteiger partial charge on any atom is -0.493 e. The van der Waals surface area contributed by atoms with Crippen LogP contribution in [0.25, 0.3) is 10.1 Å². The standard InChI is InChI=1S/C12H14O3S/c1-7-5-8-10(16-7)6-9(13-2)12(15-4)11(8)14-3/h5-6H,1-4H3. The Morgan fingerprint density at radius 3 is 2.19 bits per heavy atom. The van der Waals surface area contributed by atoms with Gasteiger partial charge < -0.3 is 14.2 Å². The van der Waals surface area contributed by atoms with E-state index in [2.05, 4.69) is 13.0 Å². The Labute approximate surface area is 98.6 Å². The summed E-state index contributed by atoms with van der Waals surface area (Å²) in [6.45, 7) is 2.07. The van der Waals surface area contributed by atoms with Crippen molar-refractivity contribution in [2.24, 2.45) is 0 Å². The molecule has 0 amide bonds. The van der Waals surface area contributed by atoms with Gasteiger partial charge in [-0.25, -0.2) is 0 Å². The molecule has 0 saturated heterocycles. The normalized spacial score (nSPS) is 10.5. The van der Waals surface area contributed by atoms with E-state index >= 15 is 0 Å². The number of hydrogen-bond donors (Lipinski definition) is 0. The van der Waals surface area contributed by atoms with Gasteiger partial charge >= 0.3 is 0 Å². The first kappa shape index (κ1) is 11.1. The molecule has 0 bridgehead atoms. The summed E-state index contributed by atoms with van der Waals surface area (Å²) in [6.07, 6.45) is 0. The Balaban J connectivity index is 2.81. The smallest absolute Gasteiger partial charge is 0.204 e. The highest BCUT2D eigenvalue weighted by molar-refractivity contribution is 7.19. The van der Waals surface area contributed by atoms with Crippen molar-refractivity contribution in [1.82, 2.24) is 0 Å². The molecule has 1 aromatic carbocycles. The second kappa shape index (κ2) is 4.22. The molecule has 0 unspecified atom stereocenters. The van der Waals surface area contributed by atoms with Crippen molar-refractivity contribution in [3.63, 3.8) is 0 Å². The van der Waals surface area contributed by atoms with Crippen LogP contribution >= 0.6 is 11.3 Å². The fourth-order valence-electron chi connectivity index (χ4n) is 1.78. The largest absolute Gasteiger partial charge is 0.493 e. The van der Waals surface area contributed by atoms with Crippen LogP contribution in [0.3, 0.4) is 0 Å². The molecule has 16 heavy (non-hydrogen) atoms. The first-order valence-electron chi connectivity index (χ1n) is 4.90. The molecule has 0 aliphatic carbocycles. The number of hydrogen-bond acceptors (Lipinski definition) is 4. The maximum atomic E-state index is 5.41. The molecule has 0 saturated carbocycles. The molecule has 0 N–H and O–H groups in total. The van der Waals surface area contributed by atoms with E-state index < -0.39 is 0 Å². The van der Waals surface area contributed by atoms with Crippen molar-refractivity contribution in [1.29, 1.82) is 0 Å². The fraction of sp³-hybridized carbons (Fsp3) is 0.333. The highest BCUT2D eigenvalue weighted by Crippen LogP contribution is 2.45. The Morgan fingerprint density at radius 2 is 1.62 bits per heavy atom. The minimum absolute atomic E-state index is 0.648. The Morgan fingerprint density at radius 1 is 0.938 bits per heavy atom. The van der Waals surface area contributed by atoms with Gasteiger partial charge in [-0.2, -0.15) is 0 Å². The van der Waals surface area contributed by atoms with Crippen LogP contribution in [0, 0.1) is 6.92 Å². The second-order valence-electron chi connectivity index (χ2n) is 3.41. The maximum Gasteiger partial charge on any atom is 0.204 e. The van der Waals surface area contributed by atoms with Crippen LogP contribution in [0.4, 0.5) is 0 Å². The summed E-state index contributed by atoms with van der Waals surface area (Å²) in [6, 6.07) is 4.08. The SMILES string of the molecule is COc1cc2sc(C)cc2c(OC)c1OC. The first-order valence-corrected chi connectivity index (χ1v) is 5.72. The van der Waals surface area contributed by atoms with E-state index in [0.717, 1.165) is 15.8 Å². The van der Waals surface area contributed by atoms with Crippen molar-refractivity contribution < 1.29 is 14.2 Å². The Bertz CT molecular complexity index is 516. The van der Waals surface area contributed by atoms with Crippen molar-refractivity contribution in [2.75, 3.05) is 21.3 Å². The Hall–Kier alpha value is -1.42. The maximum absolute atomic E-state index is 5.41. The Kier molecular flexibility index (Phi) is 2.92. The van der Waals surface area contributed by atoms with E-state index in [1.807, 2.05) is 6.07 Å². The van der Waals surface area contributed by atoms with Crippen LogP contribution in [0.2, 0.25) is 0 Å². The molecule has 0 atom stereocenters. The van der Waals surface area contributed by atoms with Crippen molar-refractivity contribution in [3.05, 3.63) is 17.0 Å². The quantitative estimate of drug-likeness (QED) is 0.821. The summed E-state index contributed by atoms with van der Waals surface area (Å²) in [5.74, 6) is 2.09. The summed E-state index contributed by atoms with van der Waals surface area (Å²) in [7, 11) is 4.89. The summed E-state index contributed by atoms with van der Waals surface area (Å²) in [4.78, 5) is 1.24. The van der Waals surface area contributed by atoms with Crippen molar-refractivity contribution in [3.8, 4) is 17.2 Å². The van der Waals surface area contributed by atoms with Gasteiger partial charge in [-0.05, 0) is 13.0 Å². The minimum atomic E-state index is 0.648. The topological polar surface area (TPSA) is 27.7 Å². The summed E-state index contributed by atoms with van der Waals surface area (Å²) < 4.78 is 17.2. The fourth-order valence-corrected chi connectivity index (χ4v) is 2.73. The number of thiophene rings is 1. The van der Waals surface area contributed by atoms with Gasteiger partial charge in [0.2, 0.25) is 5.75 Å². The third-order valence-electron chi connectivity index (χ3n) is 2.45. The van der Waals surface area contributed by atoms with Gasteiger partial charge in [0, 0.05) is 21.0 Å². The molecule has 1 aromatic heterocycles. The molecule has 2 aromatic rings. The number of aryl methyl sites for hydroxylation is 1. The molecule has 0 fully saturated rings. The van der Waals surface area contributed by atoms with E-state index in [4.69, 9.17) is 14.2 Å². The number of ether oxygens (including phenoxy) is 3. The number of methoxy groups -OCH3 is 3. The summed E-state index contributed by atoms with van der Waals surface area (Å²) >= 11 is 1.71. The van der Waals surface area contributed by atoms with Gasteiger partial charge in [-0.1, -0.05) is 0 Å². The molecule has 0 radical (unpaired) electrons. The van der Waals surface area contributed by atoms with E-state index in [0.29, 0.717) is 11.5 Å². The lowest BCUT2D eigenvalue weighted by molar-refractivity contribution is 0.327. The van der Waals surface area contributed by atoms with E-state index in [1.165, 1.54) is 4.88 Å². The van der Waals surface area contributed by atoms with Gasteiger partial charge in [0.15, 0.2) is 11.5 Å². The highest BCUT2D eigenvalue weighted by Gasteiger charge is 2.16. The zero-order valence-corrected chi connectivity index (χ0v) is 10.6. The third kappa shape index (κ3) is 1.59.